The Balaban J connectivity index is 1.81. The van der Waals surface area contributed by atoms with E-state index in [4.69, 9.17) is 4.74 Å². The van der Waals surface area contributed by atoms with Crippen LogP contribution in [-0.4, -0.2) is 32.1 Å². The number of carbonyl (C=O) groups is 1. The maximum atomic E-state index is 11.6. The number of Topliss-reactive ketones (excluding diaryl/α,β-unsaturated/α-hetero) is 1. The smallest absolute Gasteiger partial charge is 0.159 e. The van der Waals surface area contributed by atoms with Gasteiger partial charge in [0, 0.05) is 30.9 Å². The molecule has 0 spiro atoms. The number of carbonyl (C=O) groups excluding carboxylic acids is 1. The van der Waals surface area contributed by atoms with Crippen molar-refractivity contribution in [2.75, 3.05) is 36.5 Å². The zero-order valence-electron chi connectivity index (χ0n) is 14.3. The van der Waals surface area contributed by atoms with Gasteiger partial charge >= 0.3 is 0 Å². The van der Waals surface area contributed by atoms with E-state index in [-0.39, 0.29) is 5.78 Å². The molecule has 5 nitrogen and oxygen atoms in total. The van der Waals surface area contributed by atoms with E-state index in [1.807, 2.05) is 12.1 Å². The maximum absolute atomic E-state index is 11.6. The van der Waals surface area contributed by atoms with Crippen molar-refractivity contribution in [1.82, 2.24) is 0 Å². The maximum Gasteiger partial charge on any atom is 0.159 e. The van der Waals surface area contributed by atoms with Crippen LogP contribution in [0.25, 0.3) is 0 Å². The van der Waals surface area contributed by atoms with E-state index in [0.29, 0.717) is 23.4 Å². The number of hydrogen-bond acceptors (Lipinski definition) is 5. The van der Waals surface area contributed by atoms with Crippen LogP contribution in [0.5, 0.6) is 0 Å². The highest BCUT2D eigenvalue weighted by Gasteiger charge is 2.14. The Kier molecular flexibility index (Phi) is 5.32. The van der Waals surface area contributed by atoms with Crippen LogP contribution in [0.1, 0.15) is 28.4 Å². The third kappa shape index (κ3) is 3.98. The first-order valence-electron chi connectivity index (χ1n) is 8.38. The fourth-order valence-electron chi connectivity index (χ4n) is 2.97. The van der Waals surface area contributed by atoms with E-state index < -0.39 is 0 Å². The number of morpholine rings is 1. The van der Waals surface area contributed by atoms with Gasteiger partial charge in [-0.1, -0.05) is 18.2 Å². The number of para-hydroxylation sites is 1. The van der Waals surface area contributed by atoms with Gasteiger partial charge < -0.3 is 15.0 Å². The van der Waals surface area contributed by atoms with Crippen molar-refractivity contribution in [2.45, 2.75) is 13.5 Å². The molecule has 0 bridgehead atoms. The monoisotopic (exact) mass is 335 g/mol. The first-order chi connectivity index (χ1) is 12.2. The van der Waals surface area contributed by atoms with Gasteiger partial charge in [0.25, 0.3) is 0 Å². The van der Waals surface area contributed by atoms with Crippen LogP contribution >= 0.6 is 0 Å². The van der Waals surface area contributed by atoms with Gasteiger partial charge in [0.1, 0.15) is 6.07 Å². The lowest BCUT2D eigenvalue weighted by atomic mass is 10.1. The van der Waals surface area contributed by atoms with Crippen molar-refractivity contribution in [1.29, 1.82) is 5.26 Å². The van der Waals surface area contributed by atoms with Gasteiger partial charge in [-0.25, -0.2) is 0 Å². The summed E-state index contributed by atoms with van der Waals surface area (Å²) in [5.74, 6) is -0.0127. The van der Waals surface area contributed by atoms with Gasteiger partial charge in [0.2, 0.25) is 0 Å². The third-order valence-corrected chi connectivity index (χ3v) is 4.36. The van der Waals surface area contributed by atoms with Crippen LogP contribution in [0.15, 0.2) is 42.5 Å². The number of hydrogen-bond donors (Lipinski definition) is 1. The minimum absolute atomic E-state index is 0.0127. The molecule has 1 saturated heterocycles. The van der Waals surface area contributed by atoms with Crippen LogP contribution in [0.2, 0.25) is 0 Å². The second-order valence-electron chi connectivity index (χ2n) is 6.01. The van der Waals surface area contributed by atoms with Crippen molar-refractivity contribution in [2.24, 2.45) is 0 Å². The normalized spacial score (nSPS) is 14.0. The molecule has 0 aliphatic carbocycles. The summed E-state index contributed by atoms with van der Waals surface area (Å²) in [7, 11) is 0. The largest absolute Gasteiger partial charge is 0.380 e. The van der Waals surface area contributed by atoms with Crippen molar-refractivity contribution >= 4 is 17.2 Å². The minimum atomic E-state index is -0.0127. The van der Waals surface area contributed by atoms with E-state index in [2.05, 4.69) is 28.4 Å². The molecular weight excluding hydrogens is 314 g/mol. The summed E-state index contributed by atoms with van der Waals surface area (Å²) in [6, 6.07) is 15.5. The van der Waals surface area contributed by atoms with E-state index in [1.165, 1.54) is 12.6 Å². The molecule has 0 atom stereocenters. The summed E-state index contributed by atoms with van der Waals surface area (Å²) < 4.78 is 5.43. The molecule has 1 N–H and O–H groups in total. The number of nitriles is 1. The average Bonchev–Trinajstić information content (AvgIpc) is 2.67. The molecule has 0 amide bonds. The van der Waals surface area contributed by atoms with Crippen LogP contribution < -0.4 is 10.2 Å². The molecule has 0 unspecified atom stereocenters. The molecular formula is C20H21N3O2. The summed E-state index contributed by atoms with van der Waals surface area (Å²) in [6.45, 7) is 5.34. The lowest BCUT2D eigenvalue weighted by Gasteiger charge is -2.30. The molecule has 25 heavy (non-hydrogen) atoms. The second kappa shape index (κ2) is 7.82. The SMILES string of the molecule is CC(=O)c1ccc(C#N)c(NCc2ccccc2N2CCOCC2)c1. The topological polar surface area (TPSA) is 65.4 Å². The summed E-state index contributed by atoms with van der Waals surface area (Å²) in [5, 5.41) is 12.6. The molecule has 1 fully saturated rings. The van der Waals surface area contributed by atoms with Gasteiger partial charge in [-0.15, -0.1) is 0 Å². The number of anilines is 2. The summed E-state index contributed by atoms with van der Waals surface area (Å²) in [4.78, 5) is 13.9. The van der Waals surface area contributed by atoms with E-state index in [9.17, 15) is 10.1 Å². The van der Waals surface area contributed by atoms with E-state index in [1.54, 1.807) is 18.2 Å². The Morgan fingerprint density at radius 2 is 2.00 bits per heavy atom. The molecule has 2 aromatic rings. The number of ether oxygens (including phenoxy) is 1. The Morgan fingerprint density at radius 3 is 2.72 bits per heavy atom. The average molecular weight is 335 g/mol. The van der Waals surface area contributed by atoms with Gasteiger partial charge in [0.15, 0.2) is 5.78 Å². The summed E-state index contributed by atoms with van der Waals surface area (Å²) >= 11 is 0. The molecule has 128 valence electrons. The van der Waals surface area contributed by atoms with Crippen molar-refractivity contribution in [3.05, 3.63) is 59.2 Å². The zero-order valence-corrected chi connectivity index (χ0v) is 14.3. The standard InChI is InChI=1S/C20H21N3O2/c1-15(24)16-6-7-17(13-21)19(12-16)22-14-18-4-2-3-5-20(18)23-8-10-25-11-9-23/h2-7,12,22H,8-11,14H2,1H3. The molecule has 2 aromatic carbocycles. The highest BCUT2D eigenvalue weighted by atomic mass is 16.5. The van der Waals surface area contributed by atoms with E-state index in [0.717, 1.165) is 31.9 Å². The predicted octanol–water partition coefficient (Wildman–Crippen LogP) is 3.21. The van der Waals surface area contributed by atoms with Crippen LogP contribution in [0.3, 0.4) is 0 Å². The Hall–Kier alpha value is -2.84. The Morgan fingerprint density at radius 1 is 1.24 bits per heavy atom. The van der Waals surface area contributed by atoms with Crippen molar-refractivity contribution < 1.29 is 9.53 Å². The predicted molar refractivity (Wildman–Crippen MR) is 98.0 cm³/mol. The molecule has 1 heterocycles. The first kappa shape index (κ1) is 17.0. The van der Waals surface area contributed by atoms with Gasteiger partial charge in [-0.3, -0.25) is 4.79 Å². The van der Waals surface area contributed by atoms with Crippen molar-refractivity contribution in [3.63, 3.8) is 0 Å². The Bertz CT molecular complexity index is 805. The van der Waals surface area contributed by atoms with Crippen LogP contribution in [0, 0.1) is 11.3 Å². The molecule has 0 aromatic heterocycles. The molecule has 5 heteroatoms. The van der Waals surface area contributed by atoms with Crippen LogP contribution in [0.4, 0.5) is 11.4 Å². The molecule has 1 aliphatic rings. The van der Waals surface area contributed by atoms with Crippen LogP contribution in [-0.2, 0) is 11.3 Å². The molecule has 0 saturated carbocycles. The van der Waals surface area contributed by atoms with Gasteiger partial charge in [-0.2, -0.15) is 5.26 Å². The number of nitrogens with zero attached hydrogens (tertiary/aromatic N) is 2. The number of rotatable bonds is 5. The highest BCUT2D eigenvalue weighted by molar-refractivity contribution is 5.95. The fourth-order valence-corrected chi connectivity index (χ4v) is 2.97. The van der Waals surface area contributed by atoms with Gasteiger partial charge in [0.05, 0.1) is 24.5 Å². The minimum Gasteiger partial charge on any atom is -0.380 e. The number of nitrogens with one attached hydrogen (secondary N) is 1. The quantitative estimate of drug-likeness (QED) is 0.850. The molecule has 3 rings (SSSR count). The van der Waals surface area contributed by atoms with Crippen molar-refractivity contribution in [3.8, 4) is 6.07 Å². The lowest BCUT2D eigenvalue weighted by molar-refractivity contribution is 0.101. The summed E-state index contributed by atoms with van der Waals surface area (Å²) in [6.07, 6.45) is 0. The first-order valence-corrected chi connectivity index (χ1v) is 8.38. The molecule has 0 radical (unpaired) electrons. The lowest BCUT2D eigenvalue weighted by Crippen LogP contribution is -2.36. The highest BCUT2D eigenvalue weighted by Crippen LogP contribution is 2.24. The Labute approximate surface area is 147 Å². The zero-order chi connectivity index (χ0) is 17.6. The third-order valence-electron chi connectivity index (χ3n) is 4.36. The molecule has 1 aliphatic heterocycles. The van der Waals surface area contributed by atoms with E-state index >= 15 is 0 Å². The number of ketones is 1. The number of benzene rings is 2. The second-order valence-corrected chi connectivity index (χ2v) is 6.01. The van der Waals surface area contributed by atoms with Gasteiger partial charge in [-0.05, 0) is 36.8 Å². The summed E-state index contributed by atoms with van der Waals surface area (Å²) in [5.41, 5.74) is 4.16. The fraction of sp³-hybridized carbons (Fsp3) is 0.300.